The molecule has 1 aliphatic heterocycles. The Bertz CT molecular complexity index is 847. The van der Waals surface area contributed by atoms with Gasteiger partial charge in [0.25, 0.3) is 5.91 Å². The number of aromatic nitrogens is 1. The predicted molar refractivity (Wildman–Crippen MR) is 104 cm³/mol. The third-order valence-electron chi connectivity index (χ3n) is 4.12. The molecule has 6 heteroatoms. The summed E-state index contributed by atoms with van der Waals surface area (Å²) in [6.45, 7) is 1.32. The van der Waals surface area contributed by atoms with Gasteiger partial charge in [0.15, 0.2) is 5.13 Å². The van der Waals surface area contributed by atoms with Gasteiger partial charge in [-0.2, -0.15) is 0 Å². The van der Waals surface area contributed by atoms with E-state index in [1.807, 2.05) is 47.9 Å². The van der Waals surface area contributed by atoms with Crippen molar-refractivity contribution in [1.29, 1.82) is 0 Å². The number of anilines is 1. The van der Waals surface area contributed by atoms with Gasteiger partial charge in [0.2, 0.25) is 0 Å². The van der Waals surface area contributed by atoms with Crippen molar-refractivity contribution < 1.29 is 9.53 Å². The van der Waals surface area contributed by atoms with Gasteiger partial charge in [-0.3, -0.25) is 9.69 Å². The number of fused-ring (bicyclic) bond motifs is 1. The molecule has 1 atom stereocenters. The number of hydrogen-bond acceptors (Lipinski definition) is 5. The average molecular weight is 370 g/mol. The first-order chi connectivity index (χ1) is 12.3. The molecule has 1 aliphatic rings. The average Bonchev–Trinajstić information content (AvgIpc) is 3.38. The molecule has 0 N–H and O–H groups in total. The maximum atomic E-state index is 12.9. The van der Waals surface area contributed by atoms with Gasteiger partial charge in [0, 0.05) is 17.6 Å². The summed E-state index contributed by atoms with van der Waals surface area (Å²) < 4.78 is 6.83. The third-order valence-corrected chi connectivity index (χ3v) is 6.02. The highest BCUT2D eigenvalue weighted by Crippen LogP contribution is 2.30. The van der Waals surface area contributed by atoms with Crippen LogP contribution in [0, 0.1) is 0 Å². The van der Waals surface area contributed by atoms with E-state index in [1.54, 1.807) is 33.6 Å². The monoisotopic (exact) mass is 370 g/mol. The lowest BCUT2D eigenvalue weighted by Crippen LogP contribution is -2.36. The second-order valence-corrected chi connectivity index (χ2v) is 7.89. The second kappa shape index (κ2) is 7.47. The van der Waals surface area contributed by atoms with E-state index in [0.717, 1.165) is 39.7 Å². The van der Waals surface area contributed by atoms with E-state index in [4.69, 9.17) is 4.74 Å². The minimum absolute atomic E-state index is 0.0528. The fourth-order valence-corrected chi connectivity index (χ4v) is 4.46. The molecule has 25 heavy (non-hydrogen) atoms. The Labute approximate surface area is 154 Å². The largest absolute Gasteiger partial charge is 0.376 e. The highest BCUT2D eigenvalue weighted by Gasteiger charge is 2.25. The third kappa shape index (κ3) is 3.81. The van der Waals surface area contributed by atoms with Crippen LogP contribution >= 0.6 is 22.7 Å². The van der Waals surface area contributed by atoms with Gasteiger partial charge in [-0.1, -0.05) is 29.5 Å². The molecule has 1 aromatic carbocycles. The van der Waals surface area contributed by atoms with Gasteiger partial charge in [0.1, 0.15) is 0 Å². The van der Waals surface area contributed by atoms with Crippen molar-refractivity contribution in [1.82, 2.24) is 4.98 Å². The number of nitrogens with zero attached hydrogens (tertiary/aromatic N) is 2. The molecule has 3 aromatic rings. The Kier molecular flexibility index (Phi) is 4.92. The fourth-order valence-electron chi connectivity index (χ4n) is 2.86. The van der Waals surface area contributed by atoms with Crippen LogP contribution in [0.15, 0.2) is 47.9 Å². The molecular weight excluding hydrogens is 352 g/mol. The zero-order valence-electron chi connectivity index (χ0n) is 13.6. The number of carbonyl (C=O) groups excluding carboxylic acids is 1. The number of thiazole rings is 1. The second-order valence-electron chi connectivity index (χ2n) is 5.90. The number of rotatable bonds is 5. The first-order valence-corrected chi connectivity index (χ1v) is 9.99. The van der Waals surface area contributed by atoms with Crippen LogP contribution < -0.4 is 4.90 Å². The summed E-state index contributed by atoms with van der Waals surface area (Å²) in [4.78, 5) is 20.3. The molecule has 0 bridgehead atoms. The van der Waals surface area contributed by atoms with Crippen molar-refractivity contribution >= 4 is 50.0 Å². The first-order valence-electron chi connectivity index (χ1n) is 8.30. The van der Waals surface area contributed by atoms with E-state index in [1.165, 1.54) is 0 Å². The van der Waals surface area contributed by atoms with Gasteiger partial charge < -0.3 is 4.74 Å². The fraction of sp³-hybridized carbons (Fsp3) is 0.263. The predicted octanol–water partition coefficient (Wildman–Crippen LogP) is 4.58. The highest BCUT2D eigenvalue weighted by molar-refractivity contribution is 7.22. The molecule has 1 amide bonds. The first kappa shape index (κ1) is 16.4. The summed E-state index contributed by atoms with van der Waals surface area (Å²) in [5.74, 6) is -0.0528. The Morgan fingerprint density at radius 3 is 3.00 bits per heavy atom. The Hall–Kier alpha value is -2.02. The molecule has 0 aliphatic carbocycles. The van der Waals surface area contributed by atoms with Crippen LogP contribution in [0.25, 0.3) is 16.3 Å². The van der Waals surface area contributed by atoms with E-state index in [0.29, 0.717) is 6.54 Å². The highest BCUT2D eigenvalue weighted by atomic mass is 32.1. The number of para-hydroxylation sites is 1. The van der Waals surface area contributed by atoms with Crippen LogP contribution in [0.2, 0.25) is 0 Å². The number of carbonyl (C=O) groups is 1. The van der Waals surface area contributed by atoms with E-state index in [2.05, 4.69) is 4.98 Å². The molecule has 128 valence electrons. The normalized spacial score (nSPS) is 17.5. The summed E-state index contributed by atoms with van der Waals surface area (Å²) in [5.41, 5.74) is 0.926. The molecule has 0 spiro atoms. The van der Waals surface area contributed by atoms with E-state index in [9.17, 15) is 4.79 Å². The molecule has 0 radical (unpaired) electrons. The lowest BCUT2D eigenvalue weighted by Gasteiger charge is -2.21. The number of amides is 1. The van der Waals surface area contributed by atoms with Crippen molar-refractivity contribution in [2.45, 2.75) is 18.9 Å². The van der Waals surface area contributed by atoms with Crippen LogP contribution in [0.4, 0.5) is 5.13 Å². The summed E-state index contributed by atoms with van der Waals surface area (Å²) in [6, 6.07) is 11.9. The van der Waals surface area contributed by atoms with Crippen LogP contribution in [-0.4, -0.2) is 30.1 Å². The number of hydrogen-bond donors (Lipinski definition) is 0. The lowest BCUT2D eigenvalue weighted by molar-refractivity contribution is -0.114. The summed E-state index contributed by atoms with van der Waals surface area (Å²) in [7, 11) is 0. The maximum Gasteiger partial charge on any atom is 0.252 e. The van der Waals surface area contributed by atoms with Crippen molar-refractivity contribution in [3.8, 4) is 0 Å². The zero-order chi connectivity index (χ0) is 17.1. The van der Waals surface area contributed by atoms with Crippen molar-refractivity contribution in [2.24, 2.45) is 0 Å². The molecule has 4 rings (SSSR count). The molecule has 0 saturated carbocycles. The molecular formula is C19H18N2O2S2. The van der Waals surface area contributed by atoms with Crippen LogP contribution in [-0.2, 0) is 9.53 Å². The lowest BCUT2D eigenvalue weighted by atomic mass is 10.2. The Morgan fingerprint density at radius 2 is 2.24 bits per heavy atom. The van der Waals surface area contributed by atoms with Crippen LogP contribution in [0.5, 0.6) is 0 Å². The number of ether oxygens (including phenoxy) is 1. The van der Waals surface area contributed by atoms with Gasteiger partial charge >= 0.3 is 0 Å². The standard InChI is InChI=1S/C19H18N2O2S2/c22-18(10-9-15-6-4-12-24-15)21(13-14-5-3-11-23-14)19-20-16-7-1-2-8-17(16)25-19/h1-2,4,6-10,12,14H,3,5,11,13H2/b10-9+/t14-/m1/s1. The van der Waals surface area contributed by atoms with Crippen LogP contribution in [0.1, 0.15) is 17.7 Å². The van der Waals surface area contributed by atoms with Gasteiger partial charge in [-0.05, 0) is 42.5 Å². The summed E-state index contributed by atoms with van der Waals surface area (Å²) in [6.07, 6.45) is 5.63. The quantitative estimate of drug-likeness (QED) is 0.617. The smallest absolute Gasteiger partial charge is 0.252 e. The van der Waals surface area contributed by atoms with E-state index in [-0.39, 0.29) is 12.0 Å². The molecule has 2 aromatic heterocycles. The van der Waals surface area contributed by atoms with Crippen molar-refractivity contribution in [3.63, 3.8) is 0 Å². The van der Waals surface area contributed by atoms with Crippen molar-refractivity contribution in [2.75, 3.05) is 18.1 Å². The van der Waals surface area contributed by atoms with Gasteiger partial charge in [0.05, 0.1) is 22.9 Å². The number of benzene rings is 1. The van der Waals surface area contributed by atoms with Gasteiger partial charge in [-0.15, -0.1) is 11.3 Å². The Morgan fingerprint density at radius 1 is 1.32 bits per heavy atom. The molecule has 1 saturated heterocycles. The minimum Gasteiger partial charge on any atom is -0.376 e. The zero-order valence-corrected chi connectivity index (χ0v) is 15.3. The maximum absolute atomic E-state index is 12.9. The molecule has 3 heterocycles. The molecule has 0 unspecified atom stereocenters. The minimum atomic E-state index is -0.0528. The Balaban J connectivity index is 1.61. The van der Waals surface area contributed by atoms with Gasteiger partial charge in [-0.25, -0.2) is 4.98 Å². The summed E-state index contributed by atoms with van der Waals surface area (Å²) >= 11 is 3.16. The van der Waals surface area contributed by atoms with Crippen LogP contribution in [0.3, 0.4) is 0 Å². The molecule has 1 fully saturated rings. The van der Waals surface area contributed by atoms with E-state index < -0.39 is 0 Å². The van der Waals surface area contributed by atoms with E-state index >= 15 is 0 Å². The molecule has 4 nitrogen and oxygen atoms in total. The van der Waals surface area contributed by atoms with Crippen molar-refractivity contribution in [3.05, 3.63) is 52.7 Å². The SMILES string of the molecule is O=C(/C=C/c1cccs1)N(C[C@H]1CCCO1)c1nc2ccccc2s1. The number of thiophene rings is 1. The summed E-state index contributed by atoms with van der Waals surface area (Å²) in [5, 5.41) is 2.74. The topological polar surface area (TPSA) is 42.4 Å².